The highest BCUT2D eigenvalue weighted by molar-refractivity contribution is 6.06. The van der Waals surface area contributed by atoms with E-state index in [0.717, 1.165) is 16.9 Å². The van der Waals surface area contributed by atoms with E-state index in [0.29, 0.717) is 31.6 Å². The average Bonchev–Trinajstić information content (AvgIpc) is 2.96. The zero-order valence-electron chi connectivity index (χ0n) is 17.2. The summed E-state index contributed by atoms with van der Waals surface area (Å²) in [6.45, 7) is 4.14. The molecule has 1 aliphatic heterocycles. The number of urea groups is 1. The summed E-state index contributed by atoms with van der Waals surface area (Å²) in [4.78, 5) is 35.2. The number of aryl methyl sites for hydroxylation is 2. The molecule has 1 aliphatic rings. The van der Waals surface area contributed by atoms with Crippen LogP contribution in [0.3, 0.4) is 0 Å². The summed E-state index contributed by atoms with van der Waals surface area (Å²) < 4.78 is 11.0. The number of hydrogen-bond donors (Lipinski definition) is 2. The Morgan fingerprint density at radius 3 is 2.50 bits per heavy atom. The number of rotatable bonds is 9. The number of esters is 1. The van der Waals surface area contributed by atoms with Gasteiger partial charge in [0.15, 0.2) is 0 Å². The molecule has 30 heavy (non-hydrogen) atoms. The number of amides is 3. The van der Waals surface area contributed by atoms with E-state index >= 15 is 0 Å². The molecule has 0 radical (unpaired) electrons. The predicted molar refractivity (Wildman–Crippen MR) is 111 cm³/mol. The van der Waals surface area contributed by atoms with Crippen molar-refractivity contribution in [1.82, 2.24) is 10.6 Å². The minimum atomic E-state index is -0.900. The van der Waals surface area contributed by atoms with Gasteiger partial charge in [-0.15, -0.1) is 0 Å². The monoisotopic (exact) mass is 410 g/mol. The van der Waals surface area contributed by atoms with Crippen LogP contribution in [0.5, 0.6) is 11.5 Å². The van der Waals surface area contributed by atoms with Crippen LogP contribution in [0.15, 0.2) is 48.5 Å². The minimum absolute atomic E-state index is 0.265. The summed E-state index contributed by atoms with van der Waals surface area (Å²) >= 11 is 0. The van der Waals surface area contributed by atoms with Gasteiger partial charge in [0.05, 0.1) is 6.61 Å². The second-order valence-corrected chi connectivity index (χ2v) is 7.63. The highest BCUT2D eigenvalue weighted by Gasteiger charge is 2.41. The zero-order valence-corrected chi connectivity index (χ0v) is 17.2. The summed E-state index contributed by atoms with van der Waals surface area (Å²) in [6.07, 6.45) is 1.91. The number of imide groups is 1. The topological polar surface area (TPSA) is 93.7 Å². The molecule has 2 aromatic rings. The lowest BCUT2D eigenvalue weighted by Crippen LogP contribution is -2.43. The van der Waals surface area contributed by atoms with Gasteiger partial charge in [0, 0.05) is 6.42 Å². The standard InChI is InChI=1S/C23H26N2O5/c1-16-5-3-6-19(15-16)29-14-4-7-20(26)30-18-10-8-17(9-11-18)12-13-23(2)21(27)24-22(28)25-23/h3,5-6,8-11,15H,4,7,12-14H2,1-2H3,(H2,24,25,27,28)/t23-/m0/s1. The molecule has 7 nitrogen and oxygen atoms in total. The van der Waals surface area contributed by atoms with Crippen LogP contribution < -0.4 is 20.1 Å². The first-order chi connectivity index (χ1) is 14.3. The maximum atomic E-state index is 12.0. The number of nitrogens with one attached hydrogen (secondary N) is 2. The Morgan fingerprint density at radius 2 is 1.83 bits per heavy atom. The molecule has 0 saturated carbocycles. The van der Waals surface area contributed by atoms with Crippen molar-refractivity contribution in [2.24, 2.45) is 0 Å². The van der Waals surface area contributed by atoms with E-state index in [1.54, 1.807) is 19.1 Å². The van der Waals surface area contributed by atoms with Gasteiger partial charge in [0.25, 0.3) is 5.91 Å². The first-order valence-corrected chi connectivity index (χ1v) is 9.97. The van der Waals surface area contributed by atoms with E-state index in [1.807, 2.05) is 43.3 Å². The summed E-state index contributed by atoms with van der Waals surface area (Å²) in [6, 6.07) is 14.5. The second kappa shape index (κ2) is 9.43. The smallest absolute Gasteiger partial charge is 0.322 e. The molecule has 1 heterocycles. The Kier molecular flexibility index (Phi) is 6.72. The van der Waals surface area contributed by atoms with Gasteiger partial charge in [0.2, 0.25) is 0 Å². The van der Waals surface area contributed by atoms with Crippen molar-refractivity contribution in [3.63, 3.8) is 0 Å². The number of carbonyl (C=O) groups excluding carboxylic acids is 3. The van der Waals surface area contributed by atoms with Crippen LogP contribution in [0.4, 0.5) is 4.79 Å². The van der Waals surface area contributed by atoms with E-state index in [-0.39, 0.29) is 18.3 Å². The summed E-state index contributed by atoms with van der Waals surface area (Å²) in [5.74, 6) is 0.641. The van der Waals surface area contributed by atoms with Crippen molar-refractivity contribution >= 4 is 17.9 Å². The van der Waals surface area contributed by atoms with Gasteiger partial charge in [-0.3, -0.25) is 14.9 Å². The highest BCUT2D eigenvalue weighted by Crippen LogP contribution is 2.20. The Hall–Kier alpha value is -3.35. The number of carbonyl (C=O) groups is 3. The normalized spacial score (nSPS) is 17.9. The Balaban J connectivity index is 1.39. The molecular formula is C23H26N2O5. The summed E-state index contributed by atoms with van der Waals surface area (Å²) in [5.41, 5.74) is 1.21. The van der Waals surface area contributed by atoms with Crippen LogP contribution in [-0.4, -0.2) is 30.1 Å². The van der Waals surface area contributed by atoms with Crippen molar-refractivity contribution in [2.75, 3.05) is 6.61 Å². The average molecular weight is 410 g/mol. The molecule has 7 heteroatoms. The predicted octanol–water partition coefficient (Wildman–Crippen LogP) is 3.29. The van der Waals surface area contributed by atoms with Crippen molar-refractivity contribution in [2.45, 2.75) is 45.1 Å². The molecule has 2 N–H and O–H groups in total. The third kappa shape index (κ3) is 5.83. The second-order valence-electron chi connectivity index (χ2n) is 7.63. The van der Waals surface area contributed by atoms with Crippen LogP contribution in [0, 0.1) is 6.92 Å². The maximum absolute atomic E-state index is 12.0. The molecule has 1 saturated heterocycles. The lowest BCUT2D eigenvalue weighted by Gasteiger charge is -2.20. The molecular weight excluding hydrogens is 384 g/mol. The largest absolute Gasteiger partial charge is 0.494 e. The Morgan fingerprint density at radius 1 is 1.07 bits per heavy atom. The Bertz CT molecular complexity index is 925. The molecule has 0 bridgehead atoms. The third-order valence-electron chi connectivity index (χ3n) is 4.97. The van der Waals surface area contributed by atoms with Crippen LogP contribution in [-0.2, 0) is 16.0 Å². The molecule has 1 atom stereocenters. The molecule has 0 aromatic heterocycles. The minimum Gasteiger partial charge on any atom is -0.494 e. The fourth-order valence-electron chi connectivity index (χ4n) is 3.17. The van der Waals surface area contributed by atoms with Crippen molar-refractivity contribution in [1.29, 1.82) is 0 Å². The summed E-state index contributed by atoms with van der Waals surface area (Å²) in [7, 11) is 0. The fourth-order valence-corrected chi connectivity index (χ4v) is 3.17. The van der Waals surface area contributed by atoms with E-state index in [9.17, 15) is 14.4 Å². The van der Waals surface area contributed by atoms with Gasteiger partial charge in [0.1, 0.15) is 17.0 Å². The molecule has 0 spiro atoms. The maximum Gasteiger partial charge on any atom is 0.322 e. The van der Waals surface area contributed by atoms with Gasteiger partial charge < -0.3 is 14.8 Å². The molecule has 0 unspecified atom stereocenters. The van der Waals surface area contributed by atoms with Crippen LogP contribution in [0.25, 0.3) is 0 Å². The van der Waals surface area contributed by atoms with Crippen LogP contribution in [0.2, 0.25) is 0 Å². The number of ether oxygens (including phenoxy) is 2. The lowest BCUT2D eigenvalue weighted by molar-refractivity contribution is -0.134. The van der Waals surface area contributed by atoms with Crippen LogP contribution in [0.1, 0.15) is 37.3 Å². The molecule has 0 aliphatic carbocycles. The fraction of sp³-hybridized carbons (Fsp3) is 0.348. The van der Waals surface area contributed by atoms with Crippen molar-refractivity contribution < 1.29 is 23.9 Å². The van der Waals surface area contributed by atoms with E-state index in [2.05, 4.69) is 10.6 Å². The van der Waals surface area contributed by atoms with Crippen LogP contribution >= 0.6 is 0 Å². The molecule has 2 aromatic carbocycles. The SMILES string of the molecule is Cc1cccc(OCCCC(=O)Oc2ccc(CC[C@]3(C)NC(=O)NC3=O)cc2)c1. The first-order valence-electron chi connectivity index (χ1n) is 9.97. The Labute approximate surface area is 175 Å². The van der Waals surface area contributed by atoms with Gasteiger partial charge >= 0.3 is 12.0 Å². The van der Waals surface area contributed by atoms with E-state index < -0.39 is 11.6 Å². The molecule has 1 fully saturated rings. The summed E-state index contributed by atoms with van der Waals surface area (Å²) in [5, 5.41) is 4.90. The van der Waals surface area contributed by atoms with Crippen molar-refractivity contribution in [3.8, 4) is 11.5 Å². The third-order valence-corrected chi connectivity index (χ3v) is 4.97. The zero-order chi connectivity index (χ0) is 21.6. The van der Waals surface area contributed by atoms with Crippen molar-refractivity contribution in [3.05, 3.63) is 59.7 Å². The van der Waals surface area contributed by atoms with E-state index in [4.69, 9.17) is 9.47 Å². The highest BCUT2D eigenvalue weighted by atomic mass is 16.5. The lowest BCUT2D eigenvalue weighted by atomic mass is 9.93. The van der Waals surface area contributed by atoms with Gasteiger partial charge in [-0.05, 0) is 68.5 Å². The first kappa shape index (κ1) is 21.4. The van der Waals surface area contributed by atoms with Gasteiger partial charge in [-0.25, -0.2) is 4.79 Å². The molecule has 3 amide bonds. The van der Waals surface area contributed by atoms with Gasteiger partial charge in [-0.1, -0.05) is 24.3 Å². The molecule has 158 valence electrons. The molecule has 3 rings (SSSR count). The van der Waals surface area contributed by atoms with Gasteiger partial charge in [-0.2, -0.15) is 0 Å². The quantitative estimate of drug-likeness (QED) is 0.286. The number of benzene rings is 2. The number of hydrogen-bond acceptors (Lipinski definition) is 5. The van der Waals surface area contributed by atoms with E-state index in [1.165, 1.54) is 0 Å².